The number of hydrogen-bond donors (Lipinski definition) is 1. The minimum Gasteiger partial charge on any atom is -0.478 e. The van der Waals surface area contributed by atoms with Crippen molar-refractivity contribution in [2.45, 2.75) is 33.1 Å². The second-order valence-electron chi connectivity index (χ2n) is 6.91. The highest BCUT2D eigenvalue weighted by Crippen LogP contribution is 2.31. The lowest BCUT2D eigenvalue weighted by molar-refractivity contribution is 0.0526. The molecule has 0 aliphatic carbocycles. The number of esters is 1. The zero-order valence-electron chi connectivity index (χ0n) is 17.4. The number of ether oxygens (including phenoxy) is 1. The van der Waals surface area contributed by atoms with Gasteiger partial charge in [0.25, 0.3) is 0 Å². The summed E-state index contributed by atoms with van der Waals surface area (Å²) in [5.74, 6) is -1.01. The van der Waals surface area contributed by atoms with Crippen LogP contribution in [0, 0.1) is 0 Å². The summed E-state index contributed by atoms with van der Waals surface area (Å²) in [5.41, 5.74) is 2.77. The van der Waals surface area contributed by atoms with Crippen molar-refractivity contribution in [1.29, 1.82) is 0 Å². The van der Waals surface area contributed by atoms with E-state index in [1.165, 1.54) is 0 Å². The molecule has 6 nitrogen and oxygen atoms in total. The van der Waals surface area contributed by atoms with Gasteiger partial charge in [0, 0.05) is 12.0 Å². The minimum atomic E-state index is -0.993. The molecule has 0 radical (unpaired) electrons. The number of carbonyl (C=O) groups excluding carboxylic acids is 1. The van der Waals surface area contributed by atoms with Crippen molar-refractivity contribution in [3.63, 3.8) is 0 Å². The predicted molar refractivity (Wildman–Crippen MR) is 119 cm³/mol. The molecule has 0 aliphatic heterocycles. The largest absolute Gasteiger partial charge is 0.478 e. The van der Waals surface area contributed by atoms with E-state index < -0.39 is 11.9 Å². The topological polar surface area (TPSA) is 89.4 Å². The summed E-state index contributed by atoms with van der Waals surface area (Å²) < 4.78 is 5.16. The van der Waals surface area contributed by atoms with E-state index in [2.05, 4.69) is 16.9 Å². The molecule has 0 fully saturated rings. The van der Waals surface area contributed by atoms with Gasteiger partial charge in [0.2, 0.25) is 0 Å². The zero-order valence-corrected chi connectivity index (χ0v) is 18.1. The Bertz CT molecular complexity index is 1100. The Labute approximate surface area is 185 Å². The summed E-state index contributed by atoms with van der Waals surface area (Å²) in [5, 5.41) is 9.52. The summed E-state index contributed by atoms with van der Waals surface area (Å²) in [6.07, 6.45) is 2.53. The molecule has 160 valence electrons. The Hall–Kier alpha value is -3.25. The Balaban J connectivity index is 2.08. The van der Waals surface area contributed by atoms with E-state index >= 15 is 0 Å². The van der Waals surface area contributed by atoms with Gasteiger partial charge in [-0.15, -0.1) is 0 Å². The Morgan fingerprint density at radius 3 is 2.32 bits per heavy atom. The smallest absolute Gasteiger partial charge is 0.343 e. The fraction of sp³-hybridized carbons (Fsp3) is 0.250. The predicted octanol–water partition coefficient (Wildman–Crippen LogP) is 5.68. The van der Waals surface area contributed by atoms with Crippen molar-refractivity contribution < 1.29 is 19.4 Å². The van der Waals surface area contributed by atoms with Crippen LogP contribution in [-0.4, -0.2) is 33.6 Å². The van der Waals surface area contributed by atoms with Crippen LogP contribution in [0.15, 0.2) is 48.5 Å². The average Bonchev–Trinajstić information content (AvgIpc) is 2.77. The number of aryl methyl sites for hydroxylation is 1. The average molecular weight is 439 g/mol. The van der Waals surface area contributed by atoms with Gasteiger partial charge >= 0.3 is 11.9 Å². The second kappa shape index (κ2) is 10.2. The van der Waals surface area contributed by atoms with Crippen molar-refractivity contribution in [2.75, 3.05) is 6.61 Å². The van der Waals surface area contributed by atoms with Crippen LogP contribution in [0.25, 0.3) is 22.4 Å². The van der Waals surface area contributed by atoms with Gasteiger partial charge in [-0.3, -0.25) is 0 Å². The number of rotatable bonds is 8. The molecule has 31 heavy (non-hydrogen) atoms. The molecular formula is C24H23ClN2O4. The fourth-order valence-electron chi connectivity index (χ4n) is 3.25. The molecule has 1 N–H and O–H groups in total. The number of hydrogen-bond acceptors (Lipinski definition) is 5. The van der Waals surface area contributed by atoms with E-state index in [0.717, 1.165) is 18.4 Å². The monoisotopic (exact) mass is 438 g/mol. The molecule has 7 heteroatoms. The molecule has 0 spiro atoms. The first-order chi connectivity index (χ1) is 15.0. The molecule has 0 bridgehead atoms. The van der Waals surface area contributed by atoms with Crippen LogP contribution >= 0.6 is 11.6 Å². The Morgan fingerprint density at radius 2 is 1.68 bits per heavy atom. The maximum atomic E-state index is 12.5. The van der Waals surface area contributed by atoms with E-state index in [0.29, 0.717) is 29.1 Å². The molecule has 0 unspecified atom stereocenters. The van der Waals surface area contributed by atoms with Crippen molar-refractivity contribution in [1.82, 2.24) is 9.97 Å². The standard InChI is InChI=1S/C24H23ClN2O4/c1-3-5-10-19-26-21(20(22(25)27-19)24(30)31-4-2)16-13-11-15(12-14-16)17-8-6-7-9-18(17)23(28)29/h6-9,11-14H,3-5,10H2,1-2H3,(H,28,29). The second-order valence-corrected chi connectivity index (χ2v) is 7.26. The molecule has 0 amide bonds. The maximum absolute atomic E-state index is 12.5. The van der Waals surface area contributed by atoms with E-state index in [-0.39, 0.29) is 22.9 Å². The number of benzene rings is 2. The van der Waals surface area contributed by atoms with Crippen LogP contribution in [0.5, 0.6) is 0 Å². The van der Waals surface area contributed by atoms with Gasteiger partial charge in [-0.2, -0.15) is 0 Å². The summed E-state index contributed by atoms with van der Waals surface area (Å²) in [6.45, 7) is 4.00. The number of aromatic carboxylic acids is 1. The first-order valence-electron chi connectivity index (χ1n) is 10.1. The van der Waals surface area contributed by atoms with Crippen molar-refractivity contribution in [3.8, 4) is 22.4 Å². The first kappa shape index (κ1) is 22.4. The highest BCUT2D eigenvalue weighted by atomic mass is 35.5. The van der Waals surface area contributed by atoms with Crippen LogP contribution in [0.1, 0.15) is 53.2 Å². The third-order valence-electron chi connectivity index (χ3n) is 4.77. The van der Waals surface area contributed by atoms with Gasteiger partial charge in [-0.1, -0.05) is 67.4 Å². The lowest BCUT2D eigenvalue weighted by Gasteiger charge is -2.13. The number of halogens is 1. The molecule has 3 aromatic rings. The maximum Gasteiger partial charge on any atom is 0.343 e. The molecular weight excluding hydrogens is 416 g/mol. The van der Waals surface area contributed by atoms with Gasteiger partial charge in [-0.05, 0) is 30.5 Å². The third kappa shape index (κ3) is 5.09. The van der Waals surface area contributed by atoms with Crippen LogP contribution in [0.4, 0.5) is 0 Å². The lowest BCUT2D eigenvalue weighted by Crippen LogP contribution is -2.12. The van der Waals surface area contributed by atoms with Gasteiger partial charge in [0.05, 0.1) is 17.9 Å². The Kier molecular flexibility index (Phi) is 7.36. The van der Waals surface area contributed by atoms with Gasteiger partial charge in [0.1, 0.15) is 16.5 Å². The van der Waals surface area contributed by atoms with E-state index in [4.69, 9.17) is 16.3 Å². The van der Waals surface area contributed by atoms with Crippen molar-refractivity contribution >= 4 is 23.5 Å². The third-order valence-corrected chi connectivity index (χ3v) is 5.04. The SMILES string of the molecule is CCCCc1nc(Cl)c(C(=O)OCC)c(-c2ccc(-c3ccccc3C(=O)O)cc2)n1. The van der Waals surface area contributed by atoms with E-state index in [9.17, 15) is 14.7 Å². The first-order valence-corrected chi connectivity index (χ1v) is 10.5. The van der Waals surface area contributed by atoms with Crippen LogP contribution in [-0.2, 0) is 11.2 Å². The summed E-state index contributed by atoms with van der Waals surface area (Å²) in [4.78, 5) is 33.0. The van der Waals surface area contributed by atoms with Gasteiger partial charge in [0.15, 0.2) is 0 Å². The van der Waals surface area contributed by atoms with Crippen molar-refractivity contribution in [2.24, 2.45) is 0 Å². The highest BCUT2D eigenvalue weighted by molar-refractivity contribution is 6.33. The van der Waals surface area contributed by atoms with Crippen LogP contribution in [0.2, 0.25) is 5.15 Å². The summed E-state index contributed by atoms with van der Waals surface area (Å²) >= 11 is 6.36. The molecule has 0 atom stereocenters. The molecule has 0 saturated carbocycles. The summed E-state index contributed by atoms with van der Waals surface area (Å²) in [6, 6.07) is 14.0. The molecule has 1 heterocycles. The van der Waals surface area contributed by atoms with Crippen LogP contribution in [0.3, 0.4) is 0 Å². The summed E-state index contributed by atoms with van der Waals surface area (Å²) in [7, 11) is 0. The molecule has 0 aliphatic rings. The lowest BCUT2D eigenvalue weighted by atomic mass is 9.97. The zero-order chi connectivity index (χ0) is 22.4. The highest BCUT2D eigenvalue weighted by Gasteiger charge is 2.22. The quantitative estimate of drug-likeness (QED) is 0.359. The van der Waals surface area contributed by atoms with Crippen molar-refractivity contribution in [3.05, 3.63) is 70.6 Å². The number of carboxylic acids is 1. The van der Waals surface area contributed by atoms with E-state index in [1.807, 2.05) is 0 Å². The molecule has 3 rings (SSSR count). The molecule has 1 aromatic heterocycles. The number of carboxylic acid groups (broad SMARTS) is 1. The fourth-order valence-corrected chi connectivity index (χ4v) is 3.51. The number of aromatic nitrogens is 2. The minimum absolute atomic E-state index is 0.0647. The Morgan fingerprint density at radius 1 is 1.00 bits per heavy atom. The molecule has 0 saturated heterocycles. The van der Waals surface area contributed by atoms with E-state index in [1.54, 1.807) is 55.5 Å². The number of carbonyl (C=O) groups is 2. The normalized spacial score (nSPS) is 10.7. The van der Waals surface area contributed by atoms with Gasteiger partial charge < -0.3 is 9.84 Å². The van der Waals surface area contributed by atoms with Crippen LogP contribution < -0.4 is 0 Å². The van der Waals surface area contributed by atoms with Gasteiger partial charge in [-0.25, -0.2) is 19.6 Å². The molecule has 2 aromatic carbocycles. The number of nitrogens with zero attached hydrogens (tertiary/aromatic N) is 2. The number of unbranched alkanes of at least 4 members (excludes halogenated alkanes) is 1.